The molecule has 0 aromatic heterocycles. The van der Waals surface area contributed by atoms with Crippen molar-refractivity contribution in [2.24, 2.45) is 0 Å². The van der Waals surface area contributed by atoms with Gasteiger partial charge in [-0.1, -0.05) is 30.3 Å². The van der Waals surface area contributed by atoms with Crippen molar-refractivity contribution in [3.05, 3.63) is 65.7 Å². The van der Waals surface area contributed by atoms with E-state index in [-0.39, 0.29) is 11.4 Å². The molecule has 0 spiro atoms. The highest BCUT2D eigenvalue weighted by Gasteiger charge is 2.21. The van der Waals surface area contributed by atoms with E-state index in [9.17, 15) is 4.79 Å². The first kappa shape index (κ1) is 15.1. The van der Waals surface area contributed by atoms with Gasteiger partial charge >= 0.3 is 0 Å². The molecule has 1 N–H and O–H groups in total. The van der Waals surface area contributed by atoms with Gasteiger partial charge in [-0.3, -0.25) is 4.79 Å². The maximum absolute atomic E-state index is 12.3. The zero-order valence-electron chi connectivity index (χ0n) is 12.7. The highest BCUT2D eigenvalue weighted by molar-refractivity contribution is 5.94. The molecule has 0 saturated carbocycles. The second-order valence-electron chi connectivity index (χ2n) is 5.73. The van der Waals surface area contributed by atoms with Crippen LogP contribution in [-0.2, 0) is 6.42 Å². The van der Waals surface area contributed by atoms with Gasteiger partial charge in [-0.25, -0.2) is 0 Å². The molecule has 3 nitrogen and oxygen atoms in total. The molecule has 0 unspecified atom stereocenters. The maximum Gasteiger partial charge on any atom is 0.251 e. The lowest BCUT2D eigenvalue weighted by atomic mass is 9.94. The number of carbonyl (C=O) groups is 1. The molecule has 2 rings (SSSR count). The minimum absolute atomic E-state index is 0.0708. The molecule has 0 bridgehead atoms. The van der Waals surface area contributed by atoms with Crippen LogP contribution in [0.25, 0.3) is 0 Å². The second-order valence-corrected chi connectivity index (χ2v) is 5.73. The maximum atomic E-state index is 12.3. The van der Waals surface area contributed by atoms with Crippen LogP contribution in [0.15, 0.2) is 54.6 Å². The summed E-state index contributed by atoms with van der Waals surface area (Å²) in [5.74, 6) is 0.675. The fraction of sp³-hybridized carbons (Fsp3) is 0.278. The fourth-order valence-electron chi connectivity index (χ4n) is 2.27. The molecule has 2 aromatic carbocycles. The van der Waals surface area contributed by atoms with Gasteiger partial charge in [0.05, 0.1) is 7.11 Å². The zero-order chi connectivity index (χ0) is 15.3. The SMILES string of the molecule is COc1ccc(C(=O)NC(C)(C)Cc2ccccc2)cc1. The van der Waals surface area contributed by atoms with Crippen LogP contribution in [0.1, 0.15) is 29.8 Å². The average molecular weight is 283 g/mol. The molecular formula is C18H21NO2. The fourth-order valence-corrected chi connectivity index (χ4v) is 2.27. The summed E-state index contributed by atoms with van der Waals surface area (Å²) in [4.78, 5) is 12.3. The van der Waals surface area contributed by atoms with Crippen LogP contribution in [0.5, 0.6) is 5.75 Å². The number of hydrogen-bond donors (Lipinski definition) is 1. The van der Waals surface area contributed by atoms with Crippen LogP contribution >= 0.6 is 0 Å². The third kappa shape index (κ3) is 4.35. The highest BCUT2D eigenvalue weighted by Crippen LogP contribution is 2.15. The summed E-state index contributed by atoms with van der Waals surface area (Å²) in [6.07, 6.45) is 0.787. The van der Waals surface area contributed by atoms with E-state index in [1.54, 1.807) is 31.4 Å². The molecule has 0 aliphatic carbocycles. The third-order valence-electron chi connectivity index (χ3n) is 3.29. The molecule has 2 aromatic rings. The predicted molar refractivity (Wildman–Crippen MR) is 84.7 cm³/mol. The quantitative estimate of drug-likeness (QED) is 0.912. The standard InChI is InChI=1S/C18H21NO2/c1-18(2,13-14-7-5-4-6-8-14)19-17(20)15-9-11-16(21-3)12-10-15/h4-12H,13H2,1-3H3,(H,19,20). The Morgan fingerprint density at radius 3 is 2.24 bits per heavy atom. The Morgan fingerprint density at radius 2 is 1.67 bits per heavy atom. The lowest BCUT2D eigenvalue weighted by molar-refractivity contribution is 0.0913. The molecule has 3 heteroatoms. The minimum atomic E-state index is -0.307. The van der Waals surface area contributed by atoms with Crippen LogP contribution in [0, 0.1) is 0 Å². The Labute approximate surface area is 126 Å². The van der Waals surface area contributed by atoms with E-state index >= 15 is 0 Å². The number of nitrogens with one attached hydrogen (secondary N) is 1. The van der Waals surface area contributed by atoms with Crippen LogP contribution < -0.4 is 10.1 Å². The molecule has 1 amide bonds. The molecule has 0 aliphatic heterocycles. The van der Waals surface area contributed by atoms with Gasteiger partial charge in [-0.2, -0.15) is 0 Å². The normalized spacial score (nSPS) is 11.0. The van der Waals surface area contributed by atoms with Gasteiger partial charge in [0, 0.05) is 11.1 Å². The van der Waals surface area contributed by atoms with E-state index in [0.717, 1.165) is 12.2 Å². The van der Waals surface area contributed by atoms with Crippen molar-refractivity contribution in [3.63, 3.8) is 0 Å². The molecule has 0 heterocycles. The Balaban J connectivity index is 2.03. The lowest BCUT2D eigenvalue weighted by Gasteiger charge is -2.26. The predicted octanol–water partition coefficient (Wildman–Crippen LogP) is 3.45. The van der Waals surface area contributed by atoms with Gasteiger partial charge in [0.15, 0.2) is 0 Å². The number of ether oxygens (including phenoxy) is 1. The number of hydrogen-bond acceptors (Lipinski definition) is 2. The second kappa shape index (κ2) is 6.44. The van der Waals surface area contributed by atoms with Gasteiger partial charge in [-0.05, 0) is 50.1 Å². The Bertz CT molecular complexity index is 588. The van der Waals surface area contributed by atoms with E-state index in [1.165, 1.54) is 5.56 Å². The van der Waals surface area contributed by atoms with Gasteiger partial charge in [0.1, 0.15) is 5.75 Å². The van der Waals surface area contributed by atoms with Crippen molar-refractivity contribution in [2.75, 3.05) is 7.11 Å². The van der Waals surface area contributed by atoms with Crippen molar-refractivity contribution in [1.29, 1.82) is 0 Å². The van der Waals surface area contributed by atoms with Crippen molar-refractivity contribution in [1.82, 2.24) is 5.32 Å². The first-order chi connectivity index (χ1) is 10.00. The molecule has 110 valence electrons. The molecule has 0 atom stereocenters. The van der Waals surface area contributed by atoms with Crippen LogP contribution in [0.2, 0.25) is 0 Å². The third-order valence-corrected chi connectivity index (χ3v) is 3.29. The van der Waals surface area contributed by atoms with Crippen LogP contribution in [-0.4, -0.2) is 18.6 Å². The first-order valence-electron chi connectivity index (χ1n) is 7.01. The Kier molecular flexibility index (Phi) is 4.63. The van der Waals surface area contributed by atoms with E-state index in [0.29, 0.717) is 5.56 Å². The van der Waals surface area contributed by atoms with Crippen molar-refractivity contribution < 1.29 is 9.53 Å². The summed E-state index contributed by atoms with van der Waals surface area (Å²) in [6, 6.07) is 17.3. The molecule has 21 heavy (non-hydrogen) atoms. The van der Waals surface area contributed by atoms with E-state index in [4.69, 9.17) is 4.74 Å². The number of carbonyl (C=O) groups excluding carboxylic acids is 1. The van der Waals surface area contributed by atoms with Crippen molar-refractivity contribution in [3.8, 4) is 5.75 Å². The monoisotopic (exact) mass is 283 g/mol. The topological polar surface area (TPSA) is 38.3 Å². The van der Waals surface area contributed by atoms with Gasteiger partial charge in [0.25, 0.3) is 5.91 Å². The summed E-state index contributed by atoms with van der Waals surface area (Å²) in [5.41, 5.74) is 1.53. The molecular weight excluding hydrogens is 262 g/mol. The van der Waals surface area contributed by atoms with E-state index < -0.39 is 0 Å². The zero-order valence-corrected chi connectivity index (χ0v) is 12.7. The van der Waals surface area contributed by atoms with Crippen LogP contribution in [0.3, 0.4) is 0 Å². The first-order valence-corrected chi connectivity index (χ1v) is 7.01. The Hall–Kier alpha value is -2.29. The van der Waals surface area contributed by atoms with Gasteiger partial charge in [-0.15, -0.1) is 0 Å². The van der Waals surface area contributed by atoms with E-state index in [1.807, 2.05) is 32.0 Å². The van der Waals surface area contributed by atoms with Crippen molar-refractivity contribution >= 4 is 5.91 Å². The highest BCUT2D eigenvalue weighted by atomic mass is 16.5. The summed E-state index contributed by atoms with van der Waals surface area (Å²) in [6.45, 7) is 4.06. The summed E-state index contributed by atoms with van der Waals surface area (Å²) < 4.78 is 5.10. The van der Waals surface area contributed by atoms with E-state index in [2.05, 4.69) is 17.4 Å². The lowest BCUT2D eigenvalue weighted by Crippen LogP contribution is -2.45. The average Bonchev–Trinajstić information content (AvgIpc) is 2.47. The molecule has 0 fully saturated rings. The smallest absolute Gasteiger partial charge is 0.251 e. The molecule has 0 radical (unpaired) electrons. The van der Waals surface area contributed by atoms with Crippen molar-refractivity contribution in [2.45, 2.75) is 25.8 Å². The van der Waals surface area contributed by atoms with Crippen LogP contribution in [0.4, 0.5) is 0 Å². The number of rotatable bonds is 5. The number of methoxy groups -OCH3 is 1. The summed E-state index contributed by atoms with van der Waals surface area (Å²) >= 11 is 0. The largest absolute Gasteiger partial charge is 0.497 e. The molecule has 0 saturated heterocycles. The molecule has 0 aliphatic rings. The number of benzene rings is 2. The minimum Gasteiger partial charge on any atom is -0.497 e. The summed E-state index contributed by atoms with van der Waals surface area (Å²) in [5, 5.41) is 3.08. The number of amides is 1. The van der Waals surface area contributed by atoms with Gasteiger partial charge < -0.3 is 10.1 Å². The summed E-state index contributed by atoms with van der Waals surface area (Å²) in [7, 11) is 1.61. The van der Waals surface area contributed by atoms with Gasteiger partial charge in [0.2, 0.25) is 0 Å². The Morgan fingerprint density at radius 1 is 1.05 bits per heavy atom.